The van der Waals surface area contributed by atoms with E-state index in [2.05, 4.69) is 39.7 Å². The number of aromatic nitrogens is 5. The fraction of sp³-hybridized carbons (Fsp3) is 0.375. The van der Waals surface area contributed by atoms with E-state index in [4.69, 9.17) is 9.97 Å². The molecule has 3 aromatic heterocycles. The predicted molar refractivity (Wildman–Crippen MR) is 128 cm³/mol. The molecule has 0 radical (unpaired) electrons. The van der Waals surface area contributed by atoms with Crippen molar-refractivity contribution < 1.29 is 9.18 Å². The molecule has 0 fully saturated rings. The van der Waals surface area contributed by atoms with Gasteiger partial charge in [0.2, 0.25) is 11.9 Å². The minimum absolute atomic E-state index is 0.258. The molecule has 5 rings (SSSR count). The number of carbonyl (C=O) groups is 1. The highest BCUT2D eigenvalue weighted by Crippen LogP contribution is 2.32. The van der Waals surface area contributed by atoms with Crippen molar-refractivity contribution in [1.29, 1.82) is 0 Å². The van der Waals surface area contributed by atoms with Crippen LogP contribution in [-0.4, -0.2) is 43.6 Å². The summed E-state index contributed by atoms with van der Waals surface area (Å²) in [5, 5.41) is 13.7. The number of fused-ring (bicyclic) bond motifs is 1. The summed E-state index contributed by atoms with van der Waals surface area (Å²) in [4.78, 5) is 28.0. The van der Waals surface area contributed by atoms with Crippen molar-refractivity contribution in [2.24, 2.45) is 0 Å². The molecule has 2 atom stereocenters. The van der Waals surface area contributed by atoms with E-state index in [9.17, 15) is 9.18 Å². The first-order chi connectivity index (χ1) is 16.5. The second kappa shape index (κ2) is 9.20. The van der Waals surface area contributed by atoms with Crippen molar-refractivity contribution >= 4 is 29.2 Å². The molecular weight excluding hydrogens is 435 g/mol. The summed E-state index contributed by atoms with van der Waals surface area (Å²) >= 11 is 0. The van der Waals surface area contributed by atoms with E-state index in [1.165, 1.54) is 18.3 Å². The number of hydrogen-bond donors (Lipinski definition) is 3. The molecule has 0 spiro atoms. The number of carbonyl (C=O) groups excluding carboxylic acids is 1. The Morgan fingerprint density at radius 3 is 3.00 bits per heavy atom. The third-order valence-corrected chi connectivity index (χ3v) is 6.39. The van der Waals surface area contributed by atoms with Crippen LogP contribution in [0.15, 0.2) is 36.5 Å². The number of anilines is 4. The highest BCUT2D eigenvalue weighted by atomic mass is 19.1. The van der Waals surface area contributed by atoms with Crippen LogP contribution in [0.3, 0.4) is 0 Å². The fourth-order valence-electron chi connectivity index (χ4n) is 4.27. The van der Waals surface area contributed by atoms with Gasteiger partial charge in [0.1, 0.15) is 11.9 Å². The topological polar surface area (TPSA) is 112 Å². The minimum atomic E-state index is -0.597. The zero-order valence-electron chi connectivity index (χ0n) is 19.2. The van der Waals surface area contributed by atoms with Gasteiger partial charge in [-0.05, 0) is 43.7 Å². The number of hydrogen-bond acceptors (Lipinski definition) is 7. The van der Waals surface area contributed by atoms with E-state index in [1.807, 2.05) is 23.1 Å². The van der Waals surface area contributed by atoms with Gasteiger partial charge in [0, 0.05) is 23.9 Å². The molecule has 0 bridgehead atoms. The van der Waals surface area contributed by atoms with Gasteiger partial charge in [-0.25, -0.2) is 9.97 Å². The number of aromatic amines is 1. The molecular formula is C24H27FN8O. The van der Waals surface area contributed by atoms with Crippen molar-refractivity contribution in [2.45, 2.75) is 51.5 Å². The number of nitrogens with zero attached hydrogens (tertiary/aromatic N) is 5. The molecule has 1 aliphatic carbocycles. The van der Waals surface area contributed by atoms with Crippen molar-refractivity contribution in [2.75, 3.05) is 22.1 Å². The molecule has 2 unspecified atom stereocenters. The van der Waals surface area contributed by atoms with Gasteiger partial charge >= 0.3 is 0 Å². The van der Waals surface area contributed by atoms with E-state index in [0.717, 1.165) is 48.5 Å². The molecule has 0 aromatic carbocycles. The molecule has 9 nitrogen and oxygen atoms in total. The van der Waals surface area contributed by atoms with E-state index in [0.29, 0.717) is 29.9 Å². The Hall–Kier alpha value is -3.82. The summed E-state index contributed by atoms with van der Waals surface area (Å²) in [6.07, 6.45) is 8.85. The van der Waals surface area contributed by atoms with Crippen molar-refractivity contribution in [3.8, 4) is 0 Å². The number of pyridine rings is 1. The zero-order valence-corrected chi connectivity index (χ0v) is 19.2. The van der Waals surface area contributed by atoms with Gasteiger partial charge in [0.15, 0.2) is 5.82 Å². The Morgan fingerprint density at radius 2 is 2.21 bits per heavy atom. The first-order valence-corrected chi connectivity index (χ1v) is 11.6. The number of aryl methyl sites for hydroxylation is 1. The third-order valence-electron chi connectivity index (χ3n) is 6.39. The van der Waals surface area contributed by atoms with Crippen LogP contribution < -0.4 is 15.5 Å². The summed E-state index contributed by atoms with van der Waals surface area (Å²) in [6, 6.07) is 4.12. The molecule has 0 saturated heterocycles. The monoisotopic (exact) mass is 462 g/mol. The van der Waals surface area contributed by atoms with Gasteiger partial charge in [0.25, 0.3) is 5.91 Å². The average molecular weight is 463 g/mol. The van der Waals surface area contributed by atoms with Gasteiger partial charge in [-0.15, -0.1) is 0 Å². The number of halogens is 1. The maximum Gasteiger partial charge on any atom is 0.251 e. The van der Waals surface area contributed by atoms with Gasteiger partial charge in [-0.2, -0.15) is 14.5 Å². The molecule has 176 valence electrons. The van der Waals surface area contributed by atoms with E-state index in [-0.39, 0.29) is 5.91 Å². The lowest BCUT2D eigenvalue weighted by Gasteiger charge is -2.25. The Balaban J connectivity index is 1.39. The quantitative estimate of drug-likeness (QED) is 0.361. The summed E-state index contributed by atoms with van der Waals surface area (Å²) in [5.74, 6) is 1.47. The number of rotatable bonds is 7. The Labute approximate surface area is 196 Å². The van der Waals surface area contributed by atoms with Gasteiger partial charge in [-0.1, -0.05) is 26.0 Å². The van der Waals surface area contributed by atoms with Crippen LogP contribution in [-0.2, 0) is 17.6 Å². The SMILES string of the molecule is CCC(C)c1cc(Nc2nc(N3CC=CC3C(=O)Nc3ccc(F)nc3)nc3c2CCC3)n[nH]1. The summed E-state index contributed by atoms with van der Waals surface area (Å²) < 4.78 is 13.1. The zero-order chi connectivity index (χ0) is 23.7. The number of nitrogens with one attached hydrogen (secondary N) is 3. The van der Waals surface area contributed by atoms with Crippen LogP contribution in [0.4, 0.5) is 27.7 Å². The molecule has 0 saturated carbocycles. The lowest BCUT2D eigenvalue weighted by Crippen LogP contribution is -2.41. The largest absolute Gasteiger partial charge is 0.323 e. The normalized spacial score (nSPS) is 17.6. The maximum absolute atomic E-state index is 13.1. The Bertz CT molecular complexity index is 1220. The lowest BCUT2D eigenvalue weighted by atomic mass is 10.1. The van der Waals surface area contributed by atoms with E-state index in [1.54, 1.807) is 0 Å². The highest BCUT2D eigenvalue weighted by Gasteiger charge is 2.31. The van der Waals surface area contributed by atoms with Crippen LogP contribution in [0.25, 0.3) is 0 Å². The minimum Gasteiger partial charge on any atom is -0.323 e. The summed E-state index contributed by atoms with van der Waals surface area (Å²) in [5.41, 5.74) is 3.60. The molecule has 34 heavy (non-hydrogen) atoms. The summed E-state index contributed by atoms with van der Waals surface area (Å²) in [7, 11) is 0. The standard InChI is InChI=1S/C24H27FN8O/c1-3-14(2)18-12-21(32-31-18)29-22-16-6-4-7-17(16)28-24(30-22)33-11-5-8-19(33)23(34)27-15-9-10-20(25)26-13-15/h5,8-10,12-14,19H,3-4,6-7,11H2,1-2H3,(H,27,34)(H2,28,29,30,31,32). The Morgan fingerprint density at radius 1 is 1.32 bits per heavy atom. The fourth-order valence-corrected chi connectivity index (χ4v) is 4.27. The van der Waals surface area contributed by atoms with Crippen LogP contribution >= 0.6 is 0 Å². The predicted octanol–water partition coefficient (Wildman–Crippen LogP) is 3.86. The Kier molecular flexibility index (Phi) is 5.95. The average Bonchev–Trinajstić information content (AvgIpc) is 3.60. The first-order valence-electron chi connectivity index (χ1n) is 11.6. The molecule has 10 heteroatoms. The first kappa shape index (κ1) is 22.0. The van der Waals surface area contributed by atoms with E-state index < -0.39 is 12.0 Å². The summed E-state index contributed by atoms with van der Waals surface area (Å²) in [6.45, 7) is 4.81. The smallest absolute Gasteiger partial charge is 0.251 e. The second-order valence-corrected chi connectivity index (χ2v) is 8.68. The van der Waals surface area contributed by atoms with Gasteiger partial charge in [0.05, 0.1) is 17.6 Å². The second-order valence-electron chi connectivity index (χ2n) is 8.68. The molecule has 1 aliphatic heterocycles. The van der Waals surface area contributed by atoms with Crippen LogP contribution in [0.1, 0.15) is 49.6 Å². The lowest BCUT2D eigenvalue weighted by molar-refractivity contribution is -0.116. The number of amides is 1. The molecule has 3 aromatic rings. The van der Waals surface area contributed by atoms with Gasteiger partial charge < -0.3 is 15.5 Å². The van der Waals surface area contributed by atoms with Crippen molar-refractivity contribution in [3.05, 3.63) is 59.4 Å². The van der Waals surface area contributed by atoms with E-state index >= 15 is 0 Å². The number of H-pyrrole nitrogens is 1. The third kappa shape index (κ3) is 4.35. The molecule has 1 amide bonds. The molecule has 2 aliphatic rings. The molecule has 4 heterocycles. The maximum atomic E-state index is 13.1. The van der Waals surface area contributed by atoms with Gasteiger partial charge in [-0.3, -0.25) is 9.89 Å². The van der Waals surface area contributed by atoms with Crippen molar-refractivity contribution in [3.63, 3.8) is 0 Å². The van der Waals surface area contributed by atoms with Crippen LogP contribution in [0.5, 0.6) is 0 Å². The van der Waals surface area contributed by atoms with Crippen LogP contribution in [0.2, 0.25) is 0 Å². The molecule has 3 N–H and O–H groups in total. The van der Waals surface area contributed by atoms with Crippen molar-refractivity contribution in [1.82, 2.24) is 25.1 Å². The van der Waals surface area contributed by atoms with Crippen LogP contribution in [0, 0.1) is 5.95 Å². The highest BCUT2D eigenvalue weighted by molar-refractivity contribution is 5.98.